The Balaban J connectivity index is 0.00000544. The molecule has 3 heterocycles. The first kappa shape index (κ1) is 43.0. The van der Waals surface area contributed by atoms with Crippen molar-refractivity contribution in [2.24, 2.45) is 17.3 Å². The Morgan fingerprint density at radius 1 is 1.02 bits per heavy atom. The maximum atomic E-state index is 14.9. The van der Waals surface area contributed by atoms with E-state index in [0.717, 1.165) is 42.2 Å². The lowest BCUT2D eigenvalue weighted by molar-refractivity contribution is -0.142. The number of aromatic nitrogens is 1. The van der Waals surface area contributed by atoms with Gasteiger partial charge in [0, 0.05) is 41.8 Å². The Morgan fingerprint density at radius 2 is 1.80 bits per heavy atom. The molecule has 12 heteroatoms. The summed E-state index contributed by atoms with van der Waals surface area (Å²) in [5.74, 6) is -1.21. The van der Waals surface area contributed by atoms with Gasteiger partial charge < -0.3 is 14.4 Å². The zero-order valence-corrected chi connectivity index (χ0v) is 34.7. The molecule has 60 heavy (non-hydrogen) atoms. The topological polar surface area (TPSA) is 132 Å². The average Bonchev–Trinajstić information content (AvgIpc) is 4.09. The minimum Gasteiger partial charge on any atom is -0.497 e. The lowest BCUT2D eigenvalue weighted by Crippen LogP contribution is -2.47. The number of carbonyl (C=O) groups is 3. The van der Waals surface area contributed by atoms with E-state index in [4.69, 9.17) is 14.5 Å². The number of nitrogens with one attached hydrogen (secondary N) is 1. The Kier molecular flexibility index (Phi) is 12.3. The third-order valence-corrected chi connectivity index (χ3v) is 15.1. The number of ketones is 1. The first-order valence-electron chi connectivity index (χ1n) is 20.8. The molecule has 0 bridgehead atoms. The Labute approximate surface area is 353 Å². The molecule has 5 atom stereocenters. The minimum absolute atomic E-state index is 0. The summed E-state index contributed by atoms with van der Waals surface area (Å²) in [6.45, 7) is 3.57. The number of carbonyl (C=O) groups excluding carboxylic acids is 3. The molecule has 8 rings (SSSR count). The number of fused-ring (bicyclic) bond motifs is 3. The van der Waals surface area contributed by atoms with Crippen LogP contribution in [0.3, 0.4) is 0 Å². The number of rotatable bonds is 9. The van der Waals surface area contributed by atoms with Gasteiger partial charge in [-0.15, -0.1) is 0 Å². The highest BCUT2D eigenvalue weighted by Crippen LogP contribution is 2.57. The number of halogens is 1. The van der Waals surface area contributed by atoms with Crippen LogP contribution in [0.4, 0.5) is 4.39 Å². The molecule has 1 aromatic heterocycles. The molecule has 0 unspecified atom stereocenters. The van der Waals surface area contributed by atoms with Crippen molar-refractivity contribution >= 4 is 38.5 Å². The molecular weight excluding hydrogens is 782 g/mol. The van der Waals surface area contributed by atoms with E-state index in [-0.39, 0.29) is 50.2 Å². The van der Waals surface area contributed by atoms with Crippen LogP contribution in [0.5, 0.6) is 11.5 Å². The Hall–Kier alpha value is -5.10. The second kappa shape index (κ2) is 17.1. The predicted octanol–water partition coefficient (Wildman–Crippen LogP) is 8.69. The van der Waals surface area contributed by atoms with Crippen molar-refractivity contribution in [2.45, 2.75) is 109 Å². The average molecular weight is 838 g/mol. The van der Waals surface area contributed by atoms with Crippen molar-refractivity contribution < 1.29 is 36.7 Å². The van der Waals surface area contributed by atoms with Gasteiger partial charge in [0.1, 0.15) is 23.4 Å². The van der Waals surface area contributed by atoms with Crippen LogP contribution in [0.2, 0.25) is 0 Å². The van der Waals surface area contributed by atoms with Gasteiger partial charge in [0.2, 0.25) is 21.8 Å². The van der Waals surface area contributed by atoms with Gasteiger partial charge in [0.15, 0.2) is 5.78 Å². The summed E-state index contributed by atoms with van der Waals surface area (Å²) in [5, 5.41) is 0.737. The van der Waals surface area contributed by atoms with E-state index < -0.39 is 44.2 Å². The molecule has 2 aliphatic carbocycles. The van der Waals surface area contributed by atoms with Crippen LogP contribution in [0.1, 0.15) is 89.7 Å². The SMILES string of the molecule is C.COc1ccc2c(O[C@@H]3C[C@H]4C(=O)C[C@]5(C(=O)NS(=O)(=O)C6(C)CC6)C[C@H]5/C=C\CCCCC[C@H](Cc5cc(C)cc(F)c5)C(=O)N4C3)cc(-c3ccccc3)nc2c1. The van der Waals surface area contributed by atoms with Gasteiger partial charge in [0.25, 0.3) is 0 Å². The second-order valence-corrected chi connectivity index (χ2v) is 19.5. The number of ether oxygens (including phenoxy) is 2. The molecule has 0 radical (unpaired) electrons. The number of aryl methyl sites for hydroxylation is 1. The van der Waals surface area contributed by atoms with Gasteiger partial charge in [0.05, 0.1) is 41.1 Å². The highest BCUT2D eigenvalue weighted by Gasteiger charge is 2.62. The molecule has 10 nitrogen and oxygen atoms in total. The Bertz CT molecular complexity index is 2400. The molecule has 2 saturated carbocycles. The van der Waals surface area contributed by atoms with Crippen molar-refractivity contribution in [1.29, 1.82) is 0 Å². The van der Waals surface area contributed by atoms with E-state index in [0.29, 0.717) is 60.4 Å². The van der Waals surface area contributed by atoms with Crippen LogP contribution >= 0.6 is 0 Å². The molecule has 4 aliphatic rings. The van der Waals surface area contributed by atoms with E-state index in [1.54, 1.807) is 18.9 Å². The number of methoxy groups -OCH3 is 1. The molecule has 3 aromatic carbocycles. The van der Waals surface area contributed by atoms with Crippen LogP contribution in [0.15, 0.2) is 84.9 Å². The molecule has 3 fully saturated rings. The number of Topliss-reactive ketones (excluding diaryl/α,β-unsaturated/α-hetero) is 1. The number of pyridine rings is 1. The summed E-state index contributed by atoms with van der Waals surface area (Å²) < 4.78 is 54.9. The maximum absolute atomic E-state index is 14.9. The van der Waals surface area contributed by atoms with Gasteiger partial charge in [-0.2, -0.15) is 0 Å². The van der Waals surface area contributed by atoms with Crippen molar-refractivity contribution in [1.82, 2.24) is 14.6 Å². The van der Waals surface area contributed by atoms with E-state index in [1.165, 1.54) is 12.1 Å². The number of allylic oxidation sites excluding steroid dienone is 2. The van der Waals surface area contributed by atoms with Crippen molar-refractivity contribution in [2.75, 3.05) is 13.7 Å². The number of nitrogens with zero attached hydrogens (tertiary/aromatic N) is 2. The van der Waals surface area contributed by atoms with Gasteiger partial charge in [-0.25, -0.2) is 17.8 Å². The number of benzene rings is 3. The van der Waals surface area contributed by atoms with Gasteiger partial charge in [-0.3, -0.25) is 19.1 Å². The second-order valence-electron chi connectivity index (χ2n) is 17.3. The van der Waals surface area contributed by atoms with Crippen LogP contribution < -0.4 is 14.2 Å². The van der Waals surface area contributed by atoms with Crippen LogP contribution in [-0.4, -0.2) is 66.4 Å². The van der Waals surface area contributed by atoms with E-state index in [1.807, 2.05) is 79.7 Å². The molecule has 4 aromatic rings. The molecule has 0 spiro atoms. The van der Waals surface area contributed by atoms with Gasteiger partial charge >= 0.3 is 0 Å². The lowest BCUT2D eigenvalue weighted by atomic mass is 9.89. The zero-order valence-electron chi connectivity index (χ0n) is 33.9. The summed E-state index contributed by atoms with van der Waals surface area (Å²) >= 11 is 0. The first-order valence-corrected chi connectivity index (χ1v) is 22.3. The molecule has 1 saturated heterocycles. The first-order chi connectivity index (χ1) is 28.3. The third-order valence-electron chi connectivity index (χ3n) is 12.9. The zero-order chi connectivity index (χ0) is 41.5. The smallest absolute Gasteiger partial charge is 0.240 e. The fourth-order valence-corrected chi connectivity index (χ4v) is 10.3. The van der Waals surface area contributed by atoms with Gasteiger partial charge in [-0.05, 0) is 100 Å². The molecular formula is C48H56FN3O7S. The quantitative estimate of drug-likeness (QED) is 0.166. The standard InChI is InChI=1S/C47H52FN3O7S.CH4/c1-30-20-31(23-35(48)21-30)22-33-14-8-5-4-6-11-15-34-27-47(34,45(54)50-59(55,56)46(2)18-19-46)28-42(52)41-25-37(29-51(41)44(33)53)58-43-26-39(32-12-9-7-10-13-32)49-40-24-36(57-3)16-17-38(40)43;/h7,9-13,15-17,20-21,23-24,26,33-34,37,41H,4-6,8,14,18-19,22,25,27-29H2,1-3H3,(H,50,54);1H4/b15-11-;/t33-,34-,37-,41+,47-;/m1./s1. The van der Waals surface area contributed by atoms with E-state index >= 15 is 0 Å². The molecule has 318 valence electrons. The van der Waals surface area contributed by atoms with E-state index in [9.17, 15) is 27.2 Å². The lowest BCUT2D eigenvalue weighted by Gasteiger charge is -2.29. The number of hydrogen-bond donors (Lipinski definition) is 1. The number of hydrogen-bond acceptors (Lipinski definition) is 8. The Morgan fingerprint density at radius 3 is 2.53 bits per heavy atom. The van der Waals surface area contributed by atoms with Crippen LogP contribution in [-0.2, 0) is 30.8 Å². The normalized spacial score (nSPS) is 25.8. The van der Waals surface area contributed by atoms with Crippen molar-refractivity contribution in [3.8, 4) is 22.8 Å². The number of amides is 2. The largest absolute Gasteiger partial charge is 0.497 e. The van der Waals surface area contributed by atoms with Gasteiger partial charge in [-0.1, -0.05) is 68.8 Å². The van der Waals surface area contributed by atoms with Crippen LogP contribution in [0.25, 0.3) is 22.2 Å². The molecule has 2 aliphatic heterocycles. The summed E-state index contributed by atoms with van der Waals surface area (Å²) in [6.07, 6.45) is 8.75. The summed E-state index contributed by atoms with van der Waals surface area (Å²) in [5.41, 5.74) is 2.45. The van der Waals surface area contributed by atoms with Crippen molar-refractivity contribution in [3.05, 3.63) is 102 Å². The fourth-order valence-electron chi connectivity index (χ4n) is 8.97. The monoisotopic (exact) mass is 837 g/mol. The van der Waals surface area contributed by atoms with Crippen LogP contribution in [0, 0.1) is 30.0 Å². The summed E-state index contributed by atoms with van der Waals surface area (Å²) in [4.78, 5) is 50.3. The highest BCUT2D eigenvalue weighted by atomic mass is 32.2. The third kappa shape index (κ3) is 8.85. The fraction of sp³-hybridized carbons (Fsp3) is 0.458. The summed E-state index contributed by atoms with van der Waals surface area (Å²) in [7, 11) is -2.36. The minimum atomic E-state index is -3.95. The predicted molar refractivity (Wildman–Crippen MR) is 230 cm³/mol. The molecule has 1 N–H and O–H groups in total. The number of sulfonamides is 1. The summed E-state index contributed by atoms with van der Waals surface area (Å²) in [6, 6.07) is 21.1. The highest BCUT2D eigenvalue weighted by molar-refractivity contribution is 7.91. The van der Waals surface area contributed by atoms with Crippen molar-refractivity contribution in [3.63, 3.8) is 0 Å². The maximum Gasteiger partial charge on any atom is 0.240 e. The molecule has 2 amide bonds. The van der Waals surface area contributed by atoms with E-state index in [2.05, 4.69) is 4.72 Å².